The van der Waals surface area contributed by atoms with E-state index in [-0.39, 0.29) is 6.09 Å². The fourth-order valence-corrected chi connectivity index (χ4v) is 2.89. The first-order chi connectivity index (χ1) is 11.9. The molecule has 2 heterocycles. The maximum atomic E-state index is 12.1. The Morgan fingerprint density at radius 2 is 2.16 bits per heavy atom. The van der Waals surface area contributed by atoms with Crippen LogP contribution >= 0.6 is 0 Å². The number of hydrogen-bond acceptors (Lipinski definition) is 4. The Kier molecular flexibility index (Phi) is 6.58. The summed E-state index contributed by atoms with van der Waals surface area (Å²) in [7, 11) is 0. The highest BCUT2D eigenvalue weighted by atomic mass is 16.6. The Morgan fingerprint density at radius 1 is 1.44 bits per heavy atom. The molecule has 0 radical (unpaired) electrons. The van der Waals surface area contributed by atoms with E-state index in [1.165, 1.54) is 0 Å². The second-order valence-electron chi connectivity index (χ2n) is 7.48. The van der Waals surface area contributed by atoms with Crippen LogP contribution in [0.25, 0.3) is 6.08 Å². The highest BCUT2D eigenvalue weighted by Gasteiger charge is 2.26. The van der Waals surface area contributed by atoms with Gasteiger partial charge in [0.15, 0.2) is 0 Å². The molecule has 1 aromatic rings. The molecule has 0 bridgehead atoms. The van der Waals surface area contributed by atoms with Gasteiger partial charge in [0, 0.05) is 19.3 Å². The molecule has 25 heavy (non-hydrogen) atoms. The second-order valence-corrected chi connectivity index (χ2v) is 7.48. The summed E-state index contributed by atoms with van der Waals surface area (Å²) in [5.41, 5.74) is 1.01. The van der Waals surface area contributed by atoms with Crippen molar-refractivity contribution in [2.24, 2.45) is 5.92 Å². The van der Waals surface area contributed by atoms with Gasteiger partial charge in [-0.3, -0.25) is 0 Å². The lowest BCUT2D eigenvalue weighted by Crippen LogP contribution is -2.41. The van der Waals surface area contributed by atoms with Gasteiger partial charge in [-0.2, -0.15) is 5.26 Å². The molecular formula is C20H27N3O2. The zero-order chi connectivity index (χ0) is 18.3. The van der Waals surface area contributed by atoms with Gasteiger partial charge < -0.3 is 9.64 Å². The first-order valence-corrected chi connectivity index (χ1v) is 8.88. The summed E-state index contributed by atoms with van der Waals surface area (Å²) >= 11 is 0. The molecule has 0 unspecified atom stereocenters. The molecule has 2 rings (SSSR count). The number of pyridine rings is 1. The Labute approximate surface area is 150 Å². The fraction of sp³-hybridized carbons (Fsp3) is 0.550. The topological polar surface area (TPSA) is 66.2 Å². The summed E-state index contributed by atoms with van der Waals surface area (Å²) in [6, 6.07) is 5.74. The van der Waals surface area contributed by atoms with Crippen LogP contribution in [0.2, 0.25) is 0 Å². The van der Waals surface area contributed by atoms with E-state index in [2.05, 4.69) is 11.1 Å². The zero-order valence-corrected chi connectivity index (χ0v) is 15.4. The molecule has 0 atom stereocenters. The van der Waals surface area contributed by atoms with Crippen LogP contribution in [0.5, 0.6) is 0 Å². The SMILES string of the molecule is CC(C)(C)OC(=O)N1CCC(CC/C=C/c2ccnc(C#N)c2)CC1. The van der Waals surface area contributed by atoms with Crippen molar-refractivity contribution in [3.05, 3.63) is 35.7 Å². The van der Waals surface area contributed by atoms with Crippen LogP contribution in [0.3, 0.4) is 0 Å². The average Bonchev–Trinajstić information content (AvgIpc) is 2.58. The third-order valence-corrected chi connectivity index (χ3v) is 4.22. The highest BCUT2D eigenvalue weighted by Crippen LogP contribution is 2.23. The Hall–Kier alpha value is -2.35. The van der Waals surface area contributed by atoms with Crippen LogP contribution in [-0.2, 0) is 4.74 Å². The molecule has 5 heteroatoms. The van der Waals surface area contributed by atoms with E-state index >= 15 is 0 Å². The van der Waals surface area contributed by atoms with Crippen LogP contribution in [-0.4, -0.2) is 34.7 Å². The van der Waals surface area contributed by atoms with E-state index < -0.39 is 5.60 Å². The summed E-state index contributed by atoms with van der Waals surface area (Å²) < 4.78 is 5.43. The van der Waals surface area contributed by atoms with Crippen molar-refractivity contribution >= 4 is 12.2 Å². The molecule has 0 spiro atoms. The highest BCUT2D eigenvalue weighted by molar-refractivity contribution is 5.68. The van der Waals surface area contributed by atoms with Crippen molar-refractivity contribution in [2.75, 3.05) is 13.1 Å². The van der Waals surface area contributed by atoms with Crippen LogP contribution in [0.4, 0.5) is 4.79 Å². The Morgan fingerprint density at radius 3 is 2.80 bits per heavy atom. The van der Waals surface area contributed by atoms with Crippen molar-refractivity contribution in [3.63, 3.8) is 0 Å². The summed E-state index contributed by atoms with van der Waals surface area (Å²) in [4.78, 5) is 17.8. The summed E-state index contributed by atoms with van der Waals surface area (Å²) in [5.74, 6) is 0.649. The maximum absolute atomic E-state index is 12.1. The van der Waals surface area contributed by atoms with Crippen molar-refractivity contribution < 1.29 is 9.53 Å². The van der Waals surface area contributed by atoms with Crippen molar-refractivity contribution in [3.8, 4) is 6.07 Å². The van der Waals surface area contributed by atoms with Gasteiger partial charge in [0.2, 0.25) is 0 Å². The van der Waals surface area contributed by atoms with Crippen LogP contribution < -0.4 is 0 Å². The standard InChI is InChI=1S/C20H27N3O2/c1-20(2,3)25-19(24)23-12-9-16(10-13-23)6-4-5-7-17-8-11-22-18(14-17)15-21/h5,7-8,11,14,16H,4,6,9-10,12-13H2,1-3H3/b7-5+. The molecular weight excluding hydrogens is 314 g/mol. The monoisotopic (exact) mass is 341 g/mol. The molecule has 0 saturated carbocycles. The summed E-state index contributed by atoms with van der Waals surface area (Å²) in [6.45, 7) is 7.24. The number of aromatic nitrogens is 1. The number of piperidine rings is 1. The van der Waals surface area contributed by atoms with E-state index in [0.717, 1.165) is 44.3 Å². The number of nitrogens with zero attached hydrogens (tertiary/aromatic N) is 3. The van der Waals surface area contributed by atoms with E-state index in [1.54, 1.807) is 12.3 Å². The van der Waals surface area contributed by atoms with Crippen molar-refractivity contribution in [1.82, 2.24) is 9.88 Å². The number of carbonyl (C=O) groups is 1. The van der Waals surface area contributed by atoms with Gasteiger partial charge in [0.05, 0.1) is 0 Å². The molecule has 1 saturated heterocycles. The quantitative estimate of drug-likeness (QED) is 0.814. The minimum Gasteiger partial charge on any atom is -0.444 e. The molecule has 0 N–H and O–H groups in total. The summed E-state index contributed by atoms with van der Waals surface area (Å²) in [6.07, 6.45) is 9.83. The fourth-order valence-electron chi connectivity index (χ4n) is 2.89. The normalized spacial score (nSPS) is 16.0. The van der Waals surface area contributed by atoms with Crippen LogP contribution in [0, 0.1) is 17.2 Å². The number of allylic oxidation sites excluding steroid dienone is 1. The van der Waals surface area contributed by atoms with Crippen molar-refractivity contribution in [1.29, 1.82) is 5.26 Å². The number of nitriles is 1. The molecule has 134 valence electrons. The van der Waals surface area contributed by atoms with Gasteiger partial charge in [-0.25, -0.2) is 9.78 Å². The summed E-state index contributed by atoms with van der Waals surface area (Å²) in [5, 5.41) is 8.85. The molecule has 1 aliphatic heterocycles. The third kappa shape index (κ3) is 6.58. The van der Waals surface area contributed by atoms with Gasteiger partial charge >= 0.3 is 6.09 Å². The second kappa shape index (κ2) is 8.66. The van der Waals surface area contributed by atoms with Gasteiger partial charge in [0.25, 0.3) is 0 Å². The molecule has 1 amide bonds. The third-order valence-electron chi connectivity index (χ3n) is 4.22. The van der Waals surface area contributed by atoms with Gasteiger partial charge in [-0.1, -0.05) is 12.2 Å². The molecule has 1 aliphatic rings. The van der Waals surface area contributed by atoms with E-state index in [9.17, 15) is 4.79 Å². The number of amides is 1. The molecule has 0 aromatic carbocycles. The van der Waals surface area contributed by atoms with Gasteiger partial charge in [-0.05, 0) is 70.1 Å². The zero-order valence-electron chi connectivity index (χ0n) is 15.4. The molecule has 0 aliphatic carbocycles. The first-order valence-electron chi connectivity index (χ1n) is 8.88. The molecule has 1 aromatic heterocycles. The Bertz CT molecular complexity index is 648. The minimum absolute atomic E-state index is 0.197. The van der Waals surface area contributed by atoms with Gasteiger partial charge in [-0.15, -0.1) is 0 Å². The van der Waals surface area contributed by atoms with Crippen molar-refractivity contribution in [2.45, 2.75) is 52.1 Å². The lowest BCUT2D eigenvalue weighted by atomic mass is 9.92. The molecule has 5 nitrogen and oxygen atoms in total. The van der Waals surface area contributed by atoms with Crippen LogP contribution in [0.1, 0.15) is 57.7 Å². The number of likely N-dealkylation sites (tertiary alicyclic amines) is 1. The Balaban J connectivity index is 1.71. The first kappa shape index (κ1) is 19.0. The number of rotatable bonds is 4. The maximum Gasteiger partial charge on any atom is 0.410 e. The van der Waals surface area contributed by atoms with E-state index in [4.69, 9.17) is 10.00 Å². The minimum atomic E-state index is -0.433. The lowest BCUT2D eigenvalue weighted by molar-refractivity contribution is 0.0181. The largest absolute Gasteiger partial charge is 0.444 e. The van der Waals surface area contributed by atoms with E-state index in [0.29, 0.717) is 11.6 Å². The van der Waals surface area contributed by atoms with E-state index in [1.807, 2.05) is 43.9 Å². The predicted molar refractivity (Wildman–Crippen MR) is 97.8 cm³/mol. The lowest BCUT2D eigenvalue weighted by Gasteiger charge is -2.33. The molecule has 1 fully saturated rings. The van der Waals surface area contributed by atoms with Crippen LogP contribution in [0.15, 0.2) is 24.4 Å². The number of ether oxygens (including phenoxy) is 1. The number of carbonyl (C=O) groups excluding carboxylic acids is 1. The smallest absolute Gasteiger partial charge is 0.410 e. The average molecular weight is 341 g/mol. The predicted octanol–water partition coefficient (Wildman–Crippen LogP) is 4.39. The van der Waals surface area contributed by atoms with Gasteiger partial charge in [0.1, 0.15) is 17.4 Å². The number of hydrogen-bond donors (Lipinski definition) is 0.